The van der Waals surface area contributed by atoms with E-state index < -0.39 is 97.5 Å². The first-order valence-electron chi connectivity index (χ1n) is 36.2. The van der Waals surface area contributed by atoms with Crippen molar-refractivity contribution in [2.45, 2.75) is 363 Å². The van der Waals surface area contributed by atoms with Crippen molar-refractivity contribution in [3.05, 3.63) is 0 Å². The zero-order chi connectivity index (χ0) is 66.1. The molecule has 0 fully saturated rings. The third kappa shape index (κ3) is 64.6. The molecule has 0 aliphatic carbocycles. The topological polar surface area (TPSA) is 237 Å². The predicted molar refractivity (Wildman–Crippen MR) is 358 cm³/mol. The Balaban J connectivity index is 5.18. The molecule has 528 valence electrons. The van der Waals surface area contributed by atoms with E-state index in [4.69, 9.17) is 37.0 Å². The summed E-state index contributed by atoms with van der Waals surface area (Å²) < 4.78 is 68.2. The Morgan fingerprint density at radius 3 is 0.697 bits per heavy atom. The number of aliphatic hydroxyl groups is 1. The molecule has 17 nitrogen and oxygen atoms in total. The third-order valence-electron chi connectivity index (χ3n) is 16.1. The fourth-order valence-electron chi connectivity index (χ4n) is 10.5. The molecule has 19 heteroatoms. The van der Waals surface area contributed by atoms with E-state index in [1.807, 2.05) is 0 Å². The van der Waals surface area contributed by atoms with Crippen molar-refractivity contribution in [2.24, 2.45) is 23.7 Å². The van der Waals surface area contributed by atoms with Gasteiger partial charge < -0.3 is 33.8 Å². The molecule has 0 rings (SSSR count). The second kappa shape index (κ2) is 59.8. The van der Waals surface area contributed by atoms with Gasteiger partial charge in [0.15, 0.2) is 12.2 Å². The zero-order valence-corrected chi connectivity index (χ0v) is 59.8. The average molecular weight is 1310 g/mol. The van der Waals surface area contributed by atoms with Gasteiger partial charge in [0, 0.05) is 25.7 Å². The quantitative estimate of drug-likeness (QED) is 0.0222. The summed E-state index contributed by atoms with van der Waals surface area (Å²) in [6.45, 7) is 14.0. The Kier molecular flexibility index (Phi) is 58.5. The molecule has 89 heavy (non-hydrogen) atoms. The molecule has 0 aliphatic heterocycles. The van der Waals surface area contributed by atoms with Crippen LogP contribution in [0.25, 0.3) is 0 Å². The standard InChI is InChI=1S/C70H136O17P2/c1-60(2)46-38-30-22-17-14-12-10-9-11-13-15-19-25-34-42-50-67(72)80-56-65(87-70(75)53-45-37-27-21-24-32-40-48-62(5)6)58-84-88(76,77)82-54-64(71)55-83-89(78,79)85-59-66(57-81-68(73)51-43-35-29-28-33-41-49-63(7)8)86-69(74)52-44-36-26-20-16-18-23-31-39-47-61(3)4/h60-66,71H,9-59H2,1-8H3,(H,76,77)(H,78,79)/t64-,65-,66-/m1/s1. The molecule has 0 aromatic heterocycles. The Morgan fingerprint density at radius 2 is 0.472 bits per heavy atom. The van der Waals surface area contributed by atoms with Gasteiger partial charge in [-0.1, -0.05) is 293 Å². The maximum Gasteiger partial charge on any atom is 0.472 e. The summed E-state index contributed by atoms with van der Waals surface area (Å²) in [5, 5.41) is 10.6. The summed E-state index contributed by atoms with van der Waals surface area (Å²) in [6, 6.07) is 0. The van der Waals surface area contributed by atoms with Gasteiger partial charge in [-0.3, -0.25) is 37.3 Å². The number of carbonyl (C=O) groups is 4. The lowest BCUT2D eigenvalue weighted by molar-refractivity contribution is -0.161. The molecule has 0 saturated carbocycles. The van der Waals surface area contributed by atoms with Crippen molar-refractivity contribution in [3.8, 4) is 0 Å². The molecule has 0 radical (unpaired) electrons. The van der Waals surface area contributed by atoms with E-state index in [1.165, 1.54) is 141 Å². The second-order valence-electron chi connectivity index (χ2n) is 27.2. The summed E-state index contributed by atoms with van der Waals surface area (Å²) in [6.07, 6.45) is 42.0. The molecule has 0 saturated heterocycles. The van der Waals surface area contributed by atoms with E-state index in [0.717, 1.165) is 108 Å². The lowest BCUT2D eigenvalue weighted by Gasteiger charge is -2.21. The molecule has 0 bridgehead atoms. The minimum atomic E-state index is -4.95. The van der Waals surface area contributed by atoms with Crippen LogP contribution in [0.2, 0.25) is 0 Å². The summed E-state index contributed by atoms with van der Waals surface area (Å²) in [5.41, 5.74) is 0. The van der Waals surface area contributed by atoms with Crippen molar-refractivity contribution in [1.82, 2.24) is 0 Å². The van der Waals surface area contributed by atoms with Crippen molar-refractivity contribution in [2.75, 3.05) is 39.6 Å². The maximum absolute atomic E-state index is 13.0. The van der Waals surface area contributed by atoms with E-state index in [0.29, 0.717) is 37.5 Å². The highest BCUT2D eigenvalue weighted by molar-refractivity contribution is 7.47. The third-order valence-corrected chi connectivity index (χ3v) is 18.0. The van der Waals surface area contributed by atoms with E-state index in [-0.39, 0.29) is 25.7 Å². The number of unbranched alkanes of at least 4 members (excludes halogenated alkanes) is 33. The van der Waals surface area contributed by atoms with Gasteiger partial charge in [0.05, 0.1) is 26.4 Å². The molecule has 2 unspecified atom stereocenters. The Hall–Kier alpha value is -1.94. The SMILES string of the molecule is CC(C)CCCCCCCCCCCCCCCCCC(=O)OC[C@H](COP(=O)(O)OC[C@@H](O)COP(=O)(O)OC[C@@H](COC(=O)CCCCCCCCC(C)C)OC(=O)CCCCCCCCCCCC(C)C)OC(=O)CCCCCCCCCC(C)C. The van der Waals surface area contributed by atoms with Crippen LogP contribution in [0.4, 0.5) is 0 Å². The number of aliphatic hydroxyl groups excluding tert-OH is 1. The average Bonchev–Trinajstić information content (AvgIpc) is 3.67. The number of carbonyl (C=O) groups excluding carboxylic acids is 4. The van der Waals surface area contributed by atoms with E-state index in [1.54, 1.807) is 0 Å². The van der Waals surface area contributed by atoms with Gasteiger partial charge >= 0.3 is 39.5 Å². The Morgan fingerprint density at radius 1 is 0.281 bits per heavy atom. The largest absolute Gasteiger partial charge is 0.472 e. The number of hydrogen-bond acceptors (Lipinski definition) is 15. The van der Waals surface area contributed by atoms with E-state index >= 15 is 0 Å². The highest BCUT2D eigenvalue weighted by Crippen LogP contribution is 2.45. The number of phosphoric acid groups is 2. The van der Waals surface area contributed by atoms with Crippen LogP contribution in [0.3, 0.4) is 0 Å². The molecular weight excluding hydrogens is 1170 g/mol. The Labute approximate surface area is 543 Å². The number of hydrogen-bond donors (Lipinski definition) is 3. The van der Waals surface area contributed by atoms with Gasteiger partial charge in [0.25, 0.3) is 0 Å². The highest BCUT2D eigenvalue weighted by atomic mass is 31.2. The van der Waals surface area contributed by atoms with Gasteiger partial charge in [-0.2, -0.15) is 0 Å². The molecule has 0 heterocycles. The van der Waals surface area contributed by atoms with Crippen LogP contribution in [-0.4, -0.2) is 96.7 Å². The fourth-order valence-corrected chi connectivity index (χ4v) is 12.1. The van der Waals surface area contributed by atoms with Crippen LogP contribution in [0, 0.1) is 23.7 Å². The molecule has 0 aromatic rings. The molecule has 0 aliphatic rings. The van der Waals surface area contributed by atoms with Gasteiger partial charge in [-0.25, -0.2) is 9.13 Å². The second-order valence-corrected chi connectivity index (χ2v) is 30.1. The van der Waals surface area contributed by atoms with Gasteiger partial charge in [0.1, 0.15) is 19.3 Å². The minimum Gasteiger partial charge on any atom is -0.462 e. The molecule has 3 N–H and O–H groups in total. The highest BCUT2D eigenvalue weighted by Gasteiger charge is 2.30. The first-order chi connectivity index (χ1) is 42.6. The minimum absolute atomic E-state index is 0.103. The first kappa shape index (κ1) is 87.1. The normalized spacial score (nSPS) is 14.3. The van der Waals surface area contributed by atoms with Gasteiger partial charge in [0.2, 0.25) is 0 Å². The van der Waals surface area contributed by atoms with Crippen molar-refractivity contribution < 1.29 is 80.2 Å². The van der Waals surface area contributed by atoms with Crippen LogP contribution < -0.4 is 0 Å². The van der Waals surface area contributed by atoms with Crippen LogP contribution in [0.5, 0.6) is 0 Å². The maximum atomic E-state index is 13.0. The first-order valence-corrected chi connectivity index (χ1v) is 39.2. The van der Waals surface area contributed by atoms with Crippen molar-refractivity contribution in [3.63, 3.8) is 0 Å². The van der Waals surface area contributed by atoms with Crippen LogP contribution in [-0.2, 0) is 65.4 Å². The zero-order valence-electron chi connectivity index (χ0n) is 58.1. The number of phosphoric ester groups is 2. The molecule has 0 spiro atoms. The van der Waals surface area contributed by atoms with Crippen molar-refractivity contribution in [1.29, 1.82) is 0 Å². The Bertz CT molecular complexity index is 1760. The summed E-state index contributed by atoms with van der Waals surface area (Å²) >= 11 is 0. The molecule has 0 amide bonds. The van der Waals surface area contributed by atoms with E-state index in [2.05, 4.69) is 55.4 Å². The fraction of sp³-hybridized carbons (Fsp3) is 0.943. The molecular formula is C70H136O17P2. The van der Waals surface area contributed by atoms with Gasteiger partial charge in [-0.05, 0) is 49.4 Å². The van der Waals surface area contributed by atoms with E-state index in [9.17, 15) is 43.2 Å². The smallest absolute Gasteiger partial charge is 0.462 e. The lowest BCUT2D eigenvalue weighted by Crippen LogP contribution is -2.30. The summed E-state index contributed by atoms with van der Waals surface area (Å²) in [5.74, 6) is 0.784. The predicted octanol–water partition coefficient (Wildman–Crippen LogP) is 19.7. The number of esters is 4. The lowest BCUT2D eigenvalue weighted by atomic mass is 10.0. The van der Waals surface area contributed by atoms with Crippen LogP contribution in [0.15, 0.2) is 0 Å². The summed E-state index contributed by atoms with van der Waals surface area (Å²) in [4.78, 5) is 72.4. The summed E-state index contributed by atoms with van der Waals surface area (Å²) in [7, 11) is -9.90. The number of rotatable bonds is 67. The molecule has 0 aromatic carbocycles. The monoisotopic (exact) mass is 1310 g/mol. The van der Waals surface area contributed by atoms with Crippen molar-refractivity contribution >= 4 is 39.5 Å². The van der Waals surface area contributed by atoms with Gasteiger partial charge in [-0.15, -0.1) is 0 Å². The number of ether oxygens (including phenoxy) is 4. The molecule has 5 atom stereocenters. The van der Waals surface area contributed by atoms with Crippen LogP contribution >= 0.6 is 15.6 Å². The van der Waals surface area contributed by atoms with Crippen LogP contribution in [0.1, 0.15) is 344 Å².